The van der Waals surface area contributed by atoms with E-state index in [4.69, 9.17) is 5.11 Å². The summed E-state index contributed by atoms with van der Waals surface area (Å²) < 4.78 is 24.6. The normalized spacial score (nSPS) is 11.1. The Balaban J connectivity index is 2.77. The van der Waals surface area contributed by atoms with E-state index < -0.39 is 23.7 Å². The molecule has 0 spiro atoms. The fourth-order valence-corrected chi connectivity index (χ4v) is 1.66. The molecule has 8 heteroatoms. The van der Waals surface area contributed by atoms with Crippen LogP contribution >= 0.6 is 0 Å². The van der Waals surface area contributed by atoms with Gasteiger partial charge in [-0.25, -0.2) is 8.78 Å². The number of benzene rings is 1. The number of alkyl halides is 2. The number of ketones is 1. The van der Waals surface area contributed by atoms with Crippen LogP contribution in [0.3, 0.4) is 0 Å². The largest absolute Gasteiger partial charge is 0.395 e. The highest BCUT2D eigenvalue weighted by Crippen LogP contribution is 2.14. The summed E-state index contributed by atoms with van der Waals surface area (Å²) in [6.45, 7) is -1.38. The molecule has 0 heterocycles. The third kappa shape index (κ3) is 4.98. The van der Waals surface area contributed by atoms with Gasteiger partial charge in [0.05, 0.1) is 24.6 Å². The minimum Gasteiger partial charge on any atom is -0.395 e. The predicted octanol–water partition coefficient (Wildman–Crippen LogP) is 1.34. The average Bonchev–Trinajstić information content (AvgIpc) is 2.38. The Labute approximate surface area is 113 Å². The molecule has 1 aromatic rings. The number of aliphatic hydroxyl groups excluding tert-OH is 1. The second-order valence-electron chi connectivity index (χ2n) is 4.08. The van der Waals surface area contributed by atoms with Gasteiger partial charge < -0.3 is 5.11 Å². The number of rotatable bonds is 8. The first-order chi connectivity index (χ1) is 9.43. The zero-order valence-electron chi connectivity index (χ0n) is 10.5. The van der Waals surface area contributed by atoms with Crippen LogP contribution < -0.4 is 0 Å². The van der Waals surface area contributed by atoms with E-state index in [-0.39, 0.29) is 30.9 Å². The van der Waals surface area contributed by atoms with Crippen LogP contribution in [0.1, 0.15) is 10.4 Å². The van der Waals surface area contributed by atoms with E-state index in [2.05, 4.69) is 0 Å². The molecule has 0 amide bonds. The summed E-state index contributed by atoms with van der Waals surface area (Å²) in [6, 6.07) is 5.08. The SMILES string of the molecule is O=C(CN(CCO)CC(F)F)c1cccc([N+](=O)[O-])c1. The first-order valence-corrected chi connectivity index (χ1v) is 5.83. The molecule has 0 aliphatic carbocycles. The van der Waals surface area contributed by atoms with Crippen molar-refractivity contribution in [1.82, 2.24) is 4.90 Å². The standard InChI is InChI=1S/C12H14F2N2O4/c13-12(14)8-15(4-5-17)7-11(18)9-2-1-3-10(6-9)16(19)20/h1-3,6,12,17H,4-5,7-8H2. The van der Waals surface area contributed by atoms with Gasteiger partial charge >= 0.3 is 0 Å². The highest BCUT2D eigenvalue weighted by molar-refractivity contribution is 5.98. The number of non-ortho nitro benzene ring substituents is 1. The summed E-state index contributed by atoms with van der Waals surface area (Å²) in [5, 5.41) is 19.4. The number of aliphatic hydroxyl groups is 1. The Bertz CT molecular complexity index is 482. The van der Waals surface area contributed by atoms with Gasteiger partial charge in [0.1, 0.15) is 0 Å². The molecule has 1 rings (SSSR count). The van der Waals surface area contributed by atoms with Crippen LogP contribution in [0.2, 0.25) is 0 Å². The zero-order chi connectivity index (χ0) is 15.1. The molecular weight excluding hydrogens is 274 g/mol. The molecule has 0 radical (unpaired) electrons. The third-order valence-electron chi connectivity index (χ3n) is 2.56. The molecule has 0 aliphatic rings. The molecule has 0 fully saturated rings. The fourth-order valence-electron chi connectivity index (χ4n) is 1.66. The molecule has 0 bridgehead atoms. The van der Waals surface area contributed by atoms with Crippen molar-refractivity contribution in [3.05, 3.63) is 39.9 Å². The summed E-state index contributed by atoms with van der Waals surface area (Å²) in [7, 11) is 0. The molecular formula is C12H14F2N2O4. The molecule has 1 N–H and O–H groups in total. The van der Waals surface area contributed by atoms with E-state index in [1.807, 2.05) is 0 Å². The van der Waals surface area contributed by atoms with E-state index in [9.17, 15) is 23.7 Å². The number of nitro benzene ring substituents is 1. The van der Waals surface area contributed by atoms with Crippen molar-refractivity contribution in [2.75, 3.05) is 26.2 Å². The van der Waals surface area contributed by atoms with Gasteiger partial charge in [0.25, 0.3) is 12.1 Å². The lowest BCUT2D eigenvalue weighted by molar-refractivity contribution is -0.384. The number of hydrogen-bond donors (Lipinski definition) is 1. The van der Waals surface area contributed by atoms with Crippen molar-refractivity contribution in [1.29, 1.82) is 0 Å². The van der Waals surface area contributed by atoms with Gasteiger partial charge in [-0.05, 0) is 0 Å². The van der Waals surface area contributed by atoms with Crippen LogP contribution in [0.15, 0.2) is 24.3 Å². The summed E-state index contributed by atoms with van der Waals surface area (Å²) in [5.74, 6) is -0.511. The van der Waals surface area contributed by atoms with Crippen molar-refractivity contribution >= 4 is 11.5 Å². The molecule has 0 saturated heterocycles. The van der Waals surface area contributed by atoms with Crippen LogP contribution in [0.4, 0.5) is 14.5 Å². The first kappa shape index (κ1) is 16.1. The molecule has 1 aromatic carbocycles. The number of nitrogens with zero attached hydrogens (tertiary/aromatic N) is 2. The topological polar surface area (TPSA) is 83.7 Å². The summed E-state index contributed by atoms with van der Waals surface area (Å²) in [5.41, 5.74) is -0.158. The van der Waals surface area contributed by atoms with Gasteiger partial charge in [-0.15, -0.1) is 0 Å². The van der Waals surface area contributed by atoms with Gasteiger partial charge in [-0.2, -0.15) is 0 Å². The van der Waals surface area contributed by atoms with E-state index in [0.717, 1.165) is 11.0 Å². The number of carbonyl (C=O) groups is 1. The molecule has 20 heavy (non-hydrogen) atoms. The maximum absolute atomic E-state index is 12.3. The smallest absolute Gasteiger partial charge is 0.270 e. The Morgan fingerprint density at radius 1 is 1.45 bits per heavy atom. The van der Waals surface area contributed by atoms with Crippen LogP contribution in [0, 0.1) is 10.1 Å². The number of halogens is 2. The van der Waals surface area contributed by atoms with Gasteiger partial charge in [-0.3, -0.25) is 19.8 Å². The second kappa shape index (κ2) is 7.61. The second-order valence-corrected chi connectivity index (χ2v) is 4.08. The Morgan fingerprint density at radius 3 is 2.70 bits per heavy atom. The maximum Gasteiger partial charge on any atom is 0.270 e. The van der Waals surface area contributed by atoms with Gasteiger partial charge in [0.2, 0.25) is 0 Å². The Hall–Kier alpha value is -1.93. The summed E-state index contributed by atoms with van der Waals surface area (Å²) in [6.07, 6.45) is -2.63. The Kier molecular flexibility index (Phi) is 6.13. The third-order valence-corrected chi connectivity index (χ3v) is 2.56. The van der Waals surface area contributed by atoms with E-state index in [0.29, 0.717) is 0 Å². The molecule has 0 unspecified atom stereocenters. The van der Waals surface area contributed by atoms with Crippen LogP contribution in [0.25, 0.3) is 0 Å². The fraction of sp³-hybridized carbons (Fsp3) is 0.417. The van der Waals surface area contributed by atoms with E-state index >= 15 is 0 Å². The summed E-state index contributed by atoms with van der Waals surface area (Å²) in [4.78, 5) is 23.0. The Morgan fingerprint density at radius 2 is 2.15 bits per heavy atom. The van der Waals surface area contributed by atoms with Gasteiger partial charge in [-0.1, -0.05) is 12.1 Å². The molecule has 0 atom stereocenters. The van der Waals surface area contributed by atoms with Gasteiger partial charge in [0.15, 0.2) is 5.78 Å². The van der Waals surface area contributed by atoms with Gasteiger partial charge in [0, 0.05) is 24.2 Å². The highest BCUT2D eigenvalue weighted by atomic mass is 19.3. The lowest BCUT2D eigenvalue weighted by atomic mass is 10.1. The number of nitro groups is 1. The molecule has 0 aromatic heterocycles. The van der Waals surface area contributed by atoms with Crippen molar-refractivity contribution in [2.24, 2.45) is 0 Å². The number of carbonyl (C=O) groups excluding carboxylic acids is 1. The maximum atomic E-state index is 12.3. The average molecular weight is 288 g/mol. The van der Waals surface area contributed by atoms with E-state index in [1.165, 1.54) is 18.2 Å². The molecule has 0 aliphatic heterocycles. The zero-order valence-corrected chi connectivity index (χ0v) is 10.5. The lowest BCUT2D eigenvalue weighted by Gasteiger charge is -2.19. The monoisotopic (exact) mass is 288 g/mol. The summed E-state index contributed by atoms with van der Waals surface area (Å²) >= 11 is 0. The molecule has 110 valence electrons. The molecule has 0 saturated carbocycles. The molecule has 6 nitrogen and oxygen atoms in total. The first-order valence-electron chi connectivity index (χ1n) is 5.83. The number of hydrogen-bond acceptors (Lipinski definition) is 5. The quantitative estimate of drug-likeness (QED) is 0.443. The minimum absolute atomic E-state index is 0.0645. The highest BCUT2D eigenvalue weighted by Gasteiger charge is 2.17. The number of Topliss-reactive ketones (excluding diaryl/α,β-unsaturated/α-hetero) is 1. The van der Waals surface area contributed by atoms with Crippen LogP contribution in [-0.2, 0) is 0 Å². The van der Waals surface area contributed by atoms with Crippen molar-refractivity contribution in [3.63, 3.8) is 0 Å². The van der Waals surface area contributed by atoms with Crippen molar-refractivity contribution < 1.29 is 23.6 Å². The van der Waals surface area contributed by atoms with Crippen LogP contribution in [-0.4, -0.2) is 53.4 Å². The van der Waals surface area contributed by atoms with Crippen LogP contribution in [0.5, 0.6) is 0 Å². The minimum atomic E-state index is -2.63. The van der Waals surface area contributed by atoms with E-state index in [1.54, 1.807) is 0 Å². The van der Waals surface area contributed by atoms with Crippen molar-refractivity contribution in [2.45, 2.75) is 6.43 Å². The lowest BCUT2D eigenvalue weighted by Crippen LogP contribution is -2.36. The predicted molar refractivity (Wildman–Crippen MR) is 67.0 cm³/mol. The van der Waals surface area contributed by atoms with Crippen molar-refractivity contribution in [3.8, 4) is 0 Å².